The molecule has 0 aliphatic carbocycles. The second-order valence-electron chi connectivity index (χ2n) is 7.65. The molecule has 25 heavy (non-hydrogen) atoms. The van der Waals surface area contributed by atoms with Crippen molar-refractivity contribution in [3.63, 3.8) is 0 Å². The zero-order valence-corrected chi connectivity index (χ0v) is 15.5. The second kappa shape index (κ2) is 7.24. The van der Waals surface area contributed by atoms with Crippen molar-refractivity contribution in [2.24, 2.45) is 5.41 Å². The summed E-state index contributed by atoms with van der Waals surface area (Å²) in [5.41, 5.74) is 2.38. The summed E-state index contributed by atoms with van der Waals surface area (Å²) < 4.78 is 7.25. The van der Waals surface area contributed by atoms with Crippen LogP contribution >= 0.6 is 0 Å². The van der Waals surface area contributed by atoms with E-state index in [0.717, 1.165) is 67.5 Å². The first-order valence-corrected chi connectivity index (χ1v) is 9.10. The molecular formula is C20H27BN2O2. The Balaban J connectivity index is 1.80. The van der Waals surface area contributed by atoms with E-state index in [9.17, 15) is 4.79 Å². The molecule has 1 aromatic carbocycles. The zero-order valence-electron chi connectivity index (χ0n) is 15.5. The summed E-state index contributed by atoms with van der Waals surface area (Å²) in [7, 11) is 7.53. The summed E-state index contributed by atoms with van der Waals surface area (Å²) in [6.07, 6.45) is 4.37. The molecular weight excluding hydrogens is 311 g/mol. The first-order chi connectivity index (χ1) is 11.9. The Morgan fingerprint density at radius 2 is 1.96 bits per heavy atom. The number of pyridine rings is 1. The molecule has 132 valence electrons. The van der Waals surface area contributed by atoms with E-state index in [0.29, 0.717) is 5.41 Å². The van der Waals surface area contributed by atoms with Crippen molar-refractivity contribution in [3.8, 4) is 5.75 Å². The Morgan fingerprint density at radius 3 is 2.64 bits per heavy atom. The third-order valence-electron chi connectivity index (χ3n) is 5.69. The molecule has 5 heteroatoms. The molecule has 0 spiro atoms. The van der Waals surface area contributed by atoms with E-state index in [-0.39, 0.29) is 5.56 Å². The van der Waals surface area contributed by atoms with Crippen LogP contribution in [0.5, 0.6) is 5.75 Å². The summed E-state index contributed by atoms with van der Waals surface area (Å²) >= 11 is 0. The molecule has 1 aliphatic rings. The lowest BCUT2D eigenvalue weighted by Crippen LogP contribution is -2.37. The van der Waals surface area contributed by atoms with Gasteiger partial charge in [-0.25, -0.2) is 0 Å². The number of aromatic nitrogens is 1. The molecule has 3 rings (SSSR count). The Morgan fingerprint density at radius 1 is 1.24 bits per heavy atom. The fraction of sp³-hybridized carbons (Fsp3) is 0.550. The Labute approximate surface area is 151 Å². The maximum absolute atomic E-state index is 12.6. The maximum Gasteiger partial charge on any atom is 0.251 e. The summed E-state index contributed by atoms with van der Waals surface area (Å²) in [5, 5.41) is 1.11. The highest BCUT2D eigenvalue weighted by atomic mass is 16.5. The van der Waals surface area contributed by atoms with Crippen molar-refractivity contribution in [1.82, 2.24) is 9.38 Å². The standard InChI is InChI=1S/C20H27BN2O2/c1-15-13-19(24)23(18-14-16(25-3)5-6-17(15)18)10-4-7-20(2)8-11-22(21)12-9-20/h5-6,13-14H,4,7-12H2,1-3H3. The highest BCUT2D eigenvalue weighted by Gasteiger charge is 2.27. The van der Waals surface area contributed by atoms with Gasteiger partial charge in [0.1, 0.15) is 5.75 Å². The van der Waals surface area contributed by atoms with E-state index in [4.69, 9.17) is 12.7 Å². The Kier molecular flexibility index (Phi) is 5.23. The van der Waals surface area contributed by atoms with Crippen LogP contribution in [0.2, 0.25) is 0 Å². The number of fused-ring (bicyclic) bond motifs is 1. The number of methoxy groups -OCH3 is 1. The van der Waals surface area contributed by atoms with E-state index in [2.05, 4.69) is 6.92 Å². The predicted molar refractivity (Wildman–Crippen MR) is 103 cm³/mol. The fourth-order valence-electron chi connectivity index (χ4n) is 3.86. The lowest BCUT2D eigenvalue weighted by Gasteiger charge is -2.38. The maximum atomic E-state index is 12.6. The van der Waals surface area contributed by atoms with E-state index in [1.54, 1.807) is 13.2 Å². The minimum absolute atomic E-state index is 0.0696. The molecule has 2 heterocycles. The molecule has 2 aromatic rings. The molecule has 1 aliphatic heterocycles. The molecule has 0 atom stereocenters. The topological polar surface area (TPSA) is 34.5 Å². The molecule has 0 saturated carbocycles. The number of hydrogen-bond donors (Lipinski definition) is 0. The van der Waals surface area contributed by atoms with Crippen molar-refractivity contribution < 1.29 is 4.74 Å². The third kappa shape index (κ3) is 3.92. The van der Waals surface area contributed by atoms with Crippen LogP contribution in [0.15, 0.2) is 29.1 Å². The van der Waals surface area contributed by atoms with Gasteiger partial charge in [0.15, 0.2) is 7.98 Å². The number of hydrogen-bond acceptors (Lipinski definition) is 3. The molecule has 1 saturated heterocycles. The minimum Gasteiger partial charge on any atom is -0.497 e. The fourth-order valence-corrected chi connectivity index (χ4v) is 3.86. The van der Waals surface area contributed by atoms with Crippen LogP contribution in [0.4, 0.5) is 0 Å². The number of nitrogens with zero attached hydrogens (tertiary/aromatic N) is 2. The van der Waals surface area contributed by atoms with Crippen LogP contribution in [0, 0.1) is 12.3 Å². The quantitative estimate of drug-likeness (QED) is 0.785. The molecule has 1 fully saturated rings. The van der Waals surface area contributed by atoms with Crippen LogP contribution < -0.4 is 10.3 Å². The van der Waals surface area contributed by atoms with Gasteiger partial charge in [-0.05, 0) is 68.8 Å². The monoisotopic (exact) mass is 338 g/mol. The molecule has 4 nitrogen and oxygen atoms in total. The zero-order chi connectivity index (χ0) is 18.0. The minimum atomic E-state index is 0.0696. The Bertz CT molecular complexity index is 807. The SMILES string of the molecule is [B]N1CCC(C)(CCCn2c(=O)cc(C)c3ccc(OC)cc32)CC1. The van der Waals surface area contributed by atoms with E-state index >= 15 is 0 Å². The Hall–Kier alpha value is -1.75. The summed E-state index contributed by atoms with van der Waals surface area (Å²) in [5.74, 6) is 0.786. The van der Waals surface area contributed by atoms with Gasteiger partial charge in [0, 0.05) is 24.1 Å². The van der Waals surface area contributed by atoms with Crippen molar-refractivity contribution in [3.05, 3.63) is 40.2 Å². The predicted octanol–water partition coefficient (Wildman–Crippen LogP) is 3.28. The van der Waals surface area contributed by atoms with Crippen LogP contribution in [0.3, 0.4) is 0 Å². The van der Waals surface area contributed by atoms with Gasteiger partial charge in [0.2, 0.25) is 0 Å². The van der Waals surface area contributed by atoms with Gasteiger partial charge in [-0.2, -0.15) is 0 Å². The van der Waals surface area contributed by atoms with Crippen molar-refractivity contribution in [2.75, 3.05) is 20.2 Å². The van der Waals surface area contributed by atoms with Crippen LogP contribution in [0.1, 0.15) is 38.2 Å². The highest BCUT2D eigenvalue weighted by Crippen LogP contribution is 2.35. The van der Waals surface area contributed by atoms with Crippen molar-refractivity contribution in [1.29, 1.82) is 0 Å². The number of rotatable bonds is 5. The van der Waals surface area contributed by atoms with E-state index < -0.39 is 0 Å². The number of aryl methyl sites for hydroxylation is 2. The first-order valence-electron chi connectivity index (χ1n) is 9.10. The first kappa shape index (κ1) is 18.1. The van der Waals surface area contributed by atoms with Crippen LogP contribution in [0.25, 0.3) is 10.9 Å². The number of benzene rings is 1. The molecule has 2 radical (unpaired) electrons. The molecule has 0 N–H and O–H groups in total. The van der Waals surface area contributed by atoms with E-state index in [1.165, 1.54) is 0 Å². The molecule has 0 unspecified atom stereocenters. The van der Waals surface area contributed by atoms with Gasteiger partial charge >= 0.3 is 0 Å². The highest BCUT2D eigenvalue weighted by molar-refractivity contribution is 6.04. The van der Waals surface area contributed by atoms with Crippen molar-refractivity contribution >= 4 is 18.9 Å². The summed E-state index contributed by atoms with van der Waals surface area (Å²) in [6, 6.07) is 7.70. The third-order valence-corrected chi connectivity index (χ3v) is 5.69. The summed E-state index contributed by atoms with van der Waals surface area (Å²) in [6.45, 7) is 6.99. The van der Waals surface area contributed by atoms with Gasteiger partial charge in [0.25, 0.3) is 5.56 Å². The molecule has 1 aromatic heterocycles. The summed E-state index contributed by atoms with van der Waals surface area (Å²) in [4.78, 5) is 14.5. The second-order valence-corrected chi connectivity index (χ2v) is 7.65. The molecule has 0 amide bonds. The average molecular weight is 338 g/mol. The van der Waals surface area contributed by atoms with Gasteiger partial charge in [0.05, 0.1) is 12.6 Å². The largest absolute Gasteiger partial charge is 0.497 e. The lowest BCUT2D eigenvalue weighted by molar-refractivity contribution is 0.159. The van der Waals surface area contributed by atoms with E-state index in [1.807, 2.05) is 34.5 Å². The number of ether oxygens (including phenoxy) is 1. The normalized spacial score (nSPS) is 17.7. The van der Waals surface area contributed by atoms with Gasteiger partial charge in [-0.1, -0.05) is 6.92 Å². The lowest BCUT2D eigenvalue weighted by atomic mass is 9.76. The van der Waals surface area contributed by atoms with Crippen LogP contribution in [-0.4, -0.2) is 37.6 Å². The smallest absolute Gasteiger partial charge is 0.251 e. The average Bonchev–Trinajstić information content (AvgIpc) is 2.60. The number of piperidine rings is 1. The van der Waals surface area contributed by atoms with Gasteiger partial charge in [-0.3, -0.25) is 4.79 Å². The van der Waals surface area contributed by atoms with Gasteiger partial charge in [-0.15, -0.1) is 0 Å². The van der Waals surface area contributed by atoms with Crippen molar-refractivity contribution in [2.45, 2.75) is 46.1 Å². The van der Waals surface area contributed by atoms with Crippen LogP contribution in [-0.2, 0) is 6.54 Å². The molecule has 0 bridgehead atoms. The van der Waals surface area contributed by atoms with Gasteiger partial charge < -0.3 is 14.1 Å².